The summed E-state index contributed by atoms with van der Waals surface area (Å²) < 4.78 is 44.5. The minimum absolute atomic E-state index is 0.233. The van der Waals surface area contributed by atoms with Gasteiger partial charge < -0.3 is 15.2 Å². The topological polar surface area (TPSA) is 74.7 Å². The first kappa shape index (κ1) is 24.5. The van der Waals surface area contributed by atoms with Crippen molar-refractivity contribution in [3.8, 4) is 5.75 Å². The van der Waals surface area contributed by atoms with Gasteiger partial charge in [0.25, 0.3) is 5.91 Å². The zero-order chi connectivity index (χ0) is 24.7. The lowest BCUT2D eigenvalue weighted by Crippen LogP contribution is -2.45. The van der Waals surface area contributed by atoms with Crippen molar-refractivity contribution in [3.05, 3.63) is 52.8 Å². The van der Waals surface area contributed by atoms with Crippen LogP contribution in [-0.4, -0.2) is 40.7 Å². The van der Waals surface area contributed by atoms with Crippen molar-refractivity contribution in [1.82, 2.24) is 9.88 Å². The van der Waals surface area contributed by atoms with Crippen LogP contribution in [0.2, 0.25) is 0 Å². The van der Waals surface area contributed by atoms with Gasteiger partial charge >= 0.3 is 6.18 Å². The second kappa shape index (κ2) is 9.19. The SMILES string of the molecule is COc1cc2c(cc1NC(=O)c1cccc(C(F)(F)F)n1)CN(C1CCC(CO)CC1)C2(C)C. The molecule has 0 saturated heterocycles. The summed E-state index contributed by atoms with van der Waals surface area (Å²) in [6.45, 7) is 5.27. The van der Waals surface area contributed by atoms with E-state index < -0.39 is 17.8 Å². The molecule has 184 valence electrons. The molecule has 2 N–H and O–H groups in total. The highest BCUT2D eigenvalue weighted by Gasteiger charge is 2.42. The van der Waals surface area contributed by atoms with Gasteiger partial charge in [-0.3, -0.25) is 9.69 Å². The van der Waals surface area contributed by atoms with Gasteiger partial charge in [0.1, 0.15) is 17.1 Å². The summed E-state index contributed by atoms with van der Waals surface area (Å²) >= 11 is 0. The van der Waals surface area contributed by atoms with Gasteiger partial charge in [-0.05, 0) is 80.8 Å². The number of hydrogen-bond donors (Lipinski definition) is 2. The van der Waals surface area contributed by atoms with E-state index in [0.717, 1.165) is 48.9 Å². The van der Waals surface area contributed by atoms with E-state index in [1.807, 2.05) is 12.1 Å². The van der Waals surface area contributed by atoms with Gasteiger partial charge in [0.05, 0.1) is 12.8 Å². The molecule has 6 nitrogen and oxygen atoms in total. The number of amides is 1. The fourth-order valence-corrected chi connectivity index (χ4v) is 5.26. The van der Waals surface area contributed by atoms with Crippen molar-refractivity contribution in [2.45, 2.75) is 63.8 Å². The Balaban J connectivity index is 1.58. The molecular weight excluding hydrogens is 447 g/mol. The van der Waals surface area contributed by atoms with E-state index in [9.17, 15) is 23.1 Å². The van der Waals surface area contributed by atoms with Crippen LogP contribution in [0.4, 0.5) is 18.9 Å². The number of alkyl halides is 3. The molecule has 1 aliphatic heterocycles. The molecule has 34 heavy (non-hydrogen) atoms. The molecule has 1 aliphatic carbocycles. The Morgan fingerprint density at radius 1 is 1.24 bits per heavy atom. The maximum atomic E-state index is 13.0. The normalized spacial score (nSPS) is 22.3. The highest BCUT2D eigenvalue weighted by atomic mass is 19.4. The number of hydrogen-bond acceptors (Lipinski definition) is 5. The number of carbonyl (C=O) groups excluding carboxylic acids is 1. The van der Waals surface area contributed by atoms with Crippen LogP contribution < -0.4 is 10.1 Å². The molecule has 2 aliphatic rings. The summed E-state index contributed by atoms with van der Waals surface area (Å²) in [5.41, 5.74) is 0.859. The van der Waals surface area contributed by atoms with Crippen molar-refractivity contribution in [2.75, 3.05) is 19.0 Å². The van der Waals surface area contributed by atoms with Gasteiger partial charge in [0.2, 0.25) is 0 Å². The predicted molar refractivity (Wildman–Crippen MR) is 122 cm³/mol. The molecule has 1 saturated carbocycles. The van der Waals surface area contributed by atoms with E-state index in [1.54, 1.807) is 0 Å². The van der Waals surface area contributed by atoms with E-state index in [2.05, 4.69) is 29.0 Å². The number of pyridine rings is 1. The number of aliphatic hydroxyl groups excluding tert-OH is 1. The Kier molecular flexibility index (Phi) is 6.61. The maximum absolute atomic E-state index is 13.0. The molecular formula is C25H30F3N3O3. The Labute approximate surface area is 197 Å². The fraction of sp³-hybridized carbons (Fsp3) is 0.520. The Hall–Kier alpha value is -2.65. The molecule has 0 bridgehead atoms. The first-order valence-corrected chi connectivity index (χ1v) is 11.5. The summed E-state index contributed by atoms with van der Waals surface area (Å²) in [5, 5.41) is 12.1. The minimum atomic E-state index is -4.63. The summed E-state index contributed by atoms with van der Waals surface area (Å²) in [5.74, 6) is 0.0782. The average molecular weight is 478 g/mol. The number of fused-ring (bicyclic) bond motifs is 1. The summed E-state index contributed by atoms with van der Waals surface area (Å²) in [6.07, 6.45) is -0.598. The first-order chi connectivity index (χ1) is 16.0. The summed E-state index contributed by atoms with van der Waals surface area (Å²) in [6, 6.07) is 7.39. The number of anilines is 1. The van der Waals surface area contributed by atoms with E-state index in [4.69, 9.17) is 4.74 Å². The molecule has 2 heterocycles. The molecule has 4 rings (SSSR count). The predicted octanol–water partition coefficient (Wildman–Crippen LogP) is 4.96. The number of ether oxygens (including phenoxy) is 1. The summed E-state index contributed by atoms with van der Waals surface area (Å²) in [7, 11) is 1.50. The van der Waals surface area contributed by atoms with Crippen LogP contribution in [0.5, 0.6) is 5.75 Å². The number of nitrogens with one attached hydrogen (secondary N) is 1. The number of aromatic nitrogens is 1. The van der Waals surface area contributed by atoms with E-state index in [-0.39, 0.29) is 17.8 Å². The highest BCUT2D eigenvalue weighted by Crippen LogP contribution is 2.46. The van der Waals surface area contributed by atoms with Crippen molar-refractivity contribution in [1.29, 1.82) is 0 Å². The van der Waals surface area contributed by atoms with Crippen LogP contribution in [0.3, 0.4) is 0 Å². The lowest BCUT2D eigenvalue weighted by atomic mass is 9.84. The zero-order valence-corrected chi connectivity index (χ0v) is 19.6. The van der Waals surface area contributed by atoms with Gasteiger partial charge in [-0.1, -0.05) is 6.07 Å². The van der Waals surface area contributed by atoms with Crippen LogP contribution in [0.15, 0.2) is 30.3 Å². The molecule has 0 spiro atoms. The fourth-order valence-electron chi connectivity index (χ4n) is 5.26. The standard InChI is InChI=1S/C25H30F3N3O3/c1-24(2)18-12-21(34-3)20(30-23(33)19-5-4-6-22(29-19)25(26,27)28)11-16(18)13-31(24)17-9-7-15(14-32)8-10-17/h4-6,11-12,15,17,32H,7-10,13-14H2,1-3H3,(H,30,33). The van der Waals surface area contributed by atoms with Crippen LogP contribution in [0.1, 0.15) is 66.8 Å². The number of methoxy groups -OCH3 is 1. The number of rotatable bonds is 5. The van der Waals surface area contributed by atoms with Crippen molar-refractivity contribution in [2.24, 2.45) is 5.92 Å². The van der Waals surface area contributed by atoms with Gasteiger partial charge in [-0.25, -0.2) is 4.98 Å². The molecule has 0 atom stereocenters. The zero-order valence-electron chi connectivity index (χ0n) is 19.6. The smallest absolute Gasteiger partial charge is 0.433 e. The Morgan fingerprint density at radius 2 is 1.94 bits per heavy atom. The molecule has 1 fully saturated rings. The number of halogens is 3. The third-order valence-corrected chi connectivity index (χ3v) is 7.18. The second-order valence-corrected chi connectivity index (χ2v) is 9.61. The quantitative estimate of drug-likeness (QED) is 0.637. The van der Waals surface area contributed by atoms with Gasteiger partial charge in [-0.15, -0.1) is 0 Å². The van der Waals surface area contributed by atoms with Gasteiger partial charge in [0.15, 0.2) is 0 Å². The lowest BCUT2D eigenvalue weighted by Gasteiger charge is -2.42. The molecule has 0 unspecified atom stereocenters. The van der Waals surface area contributed by atoms with Crippen LogP contribution in [0, 0.1) is 5.92 Å². The van der Waals surface area contributed by atoms with E-state index in [0.29, 0.717) is 29.9 Å². The minimum Gasteiger partial charge on any atom is -0.495 e. The van der Waals surface area contributed by atoms with E-state index >= 15 is 0 Å². The molecule has 1 aromatic heterocycles. The van der Waals surface area contributed by atoms with E-state index in [1.165, 1.54) is 13.2 Å². The summed E-state index contributed by atoms with van der Waals surface area (Å²) in [4.78, 5) is 18.7. The van der Waals surface area contributed by atoms with Crippen LogP contribution in [-0.2, 0) is 18.3 Å². The molecule has 9 heteroatoms. The molecule has 0 radical (unpaired) electrons. The number of carbonyl (C=O) groups is 1. The maximum Gasteiger partial charge on any atom is 0.433 e. The Bertz CT molecular complexity index is 1060. The second-order valence-electron chi connectivity index (χ2n) is 9.61. The monoisotopic (exact) mass is 477 g/mol. The van der Waals surface area contributed by atoms with Crippen molar-refractivity contribution < 1.29 is 27.8 Å². The average Bonchev–Trinajstić information content (AvgIpc) is 3.07. The van der Waals surface area contributed by atoms with Gasteiger partial charge in [-0.2, -0.15) is 13.2 Å². The van der Waals surface area contributed by atoms with Crippen LogP contribution in [0.25, 0.3) is 0 Å². The largest absolute Gasteiger partial charge is 0.495 e. The highest BCUT2D eigenvalue weighted by molar-refractivity contribution is 6.03. The van der Waals surface area contributed by atoms with Crippen molar-refractivity contribution in [3.63, 3.8) is 0 Å². The number of nitrogens with zero attached hydrogens (tertiary/aromatic N) is 2. The van der Waals surface area contributed by atoms with Gasteiger partial charge in [0, 0.05) is 24.7 Å². The third kappa shape index (κ3) is 4.63. The number of aliphatic hydroxyl groups is 1. The first-order valence-electron chi connectivity index (χ1n) is 11.5. The number of benzene rings is 1. The lowest BCUT2D eigenvalue weighted by molar-refractivity contribution is -0.141. The van der Waals surface area contributed by atoms with Crippen molar-refractivity contribution >= 4 is 11.6 Å². The molecule has 1 amide bonds. The molecule has 1 aromatic carbocycles. The Morgan fingerprint density at radius 3 is 2.56 bits per heavy atom. The molecule has 2 aromatic rings. The third-order valence-electron chi connectivity index (χ3n) is 7.18. The van der Waals surface area contributed by atoms with Crippen LogP contribution >= 0.6 is 0 Å².